The number of rotatable bonds is 3. The Kier molecular flexibility index (Phi) is 3.17. The third-order valence-electron chi connectivity index (χ3n) is 2.68. The van der Waals surface area contributed by atoms with Gasteiger partial charge in [0.15, 0.2) is 0 Å². The molecule has 0 aliphatic rings. The van der Waals surface area contributed by atoms with Gasteiger partial charge < -0.3 is 0 Å². The largest absolute Gasteiger partial charge is 0.213 e. The Morgan fingerprint density at radius 3 is 2.41 bits per heavy atom. The highest BCUT2D eigenvalue weighted by Gasteiger charge is 2.12. The normalized spacial score (nSPS) is 13.8. The molecule has 0 heterocycles. The third kappa shape index (κ3) is 2.84. The summed E-state index contributed by atoms with van der Waals surface area (Å²) in [6, 6.07) is 13.6. The maximum absolute atomic E-state index is 11.2. The van der Waals surface area contributed by atoms with E-state index >= 15 is 0 Å². The minimum absolute atomic E-state index is 0.226. The van der Waals surface area contributed by atoms with Crippen LogP contribution in [0.5, 0.6) is 0 Å². The number of benzene rings is 2. The van der Waals surface area contributed by atoms with Crippen LogP contribution in [0.25, 0.3) is 10.8 Å². The number of sulfonamides is 1. The predicted octanol–water partition coefficient (Wildman–Crippen LogP) is 2.45. The first kappa shape index (κ1) is 12.1. The Labute approximate surface area is 102 Å². The van der Waals surface area contributed by atoms with Gasteiger partial charge in [-0.05, 0) is 23.3 Å². The molecule has 0 saturated carbocycles. The monoisotopic (exact) mass is 249 g/mol. The van der Waals surface area contributed by atoms with Crippen LogP contribution >= 0.6 is 0 Å². The fourth-order valence-corrected chi connectivity index (χ4v) is 2.78. The summed E-state index contributed by atoms with van der Waals surface area (Å²) in [4.78, 5) is 0. The van der Waals surface area contributed by atoms with Gasteiger partial charge in [0.25, 0.3) is 0 Å². The number of hydrogen-bond acceptors (Lipinski definition) is 2. The quantitative estimate of drug-likeness (QED) is 0.908. The lowest BCUT2D eigenvalue weighted by Gasteiger charge is -2.15. The van der Waals surface area contributed by atoms with Gasteiger partial charge in [-0.3, -0.25) is 0 Å². The molecule has 4 heteroatoms. The maximum Gasteiger partial charge on any atom is 0.209 e. The van der Waals surface area contributed by atoms with Crippen molar-refractivity contribution in [2.75, 3.05) is 6.26 Å². The van der Waals surface area contributed by atoms with Crippen LogP contribution in [0.1, 0.15) is 18.5 Å². The molecule has 0 fully saturated rings. The van der Waals surface area contributed by atoms with Gasteiger partial charge in [-0.15, -0.1) is 0 Å². The molecule has 17 heavy (non-hydrogen) atoms. The van der Waals surface area contributed by atoms with E-state index in [0.717, 1.165) is 16.3 Å². The van der Waals surface area contributed by atoms with Gasteiger partial charge in [-0.25, -0.2) is 13.1 Å². The van der Waals surface area contributed by atoms with E-state index in [0.29, 0.717) is 0 Å². The van der Waals surface area contributed by atoms with E-state index in [-0.39, 0.29) is 6.04 Å². The molecule has 2 aromatic rings. The number of fused-ring (bicyclic) bond motifs is 1. The summed E-state index contributed by atoms with van der Waals surface area (Å²) in [6.07, 6.45) is 1.18. The van der Waals surface area contributed by atoms with Gasteiger partial charge in [-0.1, -0.05) is 42.5 Å². The first-order chi connectivity index (χ1) is 7.97. The molecular formula is C13H15NO2S. The summed E-state index contributed by atoms with van der Waals surface area (Å²) in [6.45, 7) is 1.85. The highest BCUT2D eigenvalue weighted by molar-refractivity contribution is 7.88. The van der Waals surface area contributed by atoms with Crippen molar-refractivity contribution in [3.8, 4) is 0 Å². The molecule has 0 aromatic heterocycles. The van der Waals surface area contributed by atoms with E-state index in [1.807, 2.05) is 49.4 Å². The van der Waals surface area contributed by atoms with Gasteiger partial charge in [-0.2, -0.15) is 0 Å². The summed E-state index contributed by atoms with van der Waals surface area (Å²) in [5, 5.41) is 2.20. The standard InChI is InChI=1S/C13H15NO2S/c1-10(14-17(2,15)16)12-9-5-7-11-6-3-4-8-13(11)12/h3-10,14H,1-2H3/t10-/m0/s1. The Morgan fingerprint density at radius 2 is 1.71 bits per heavy atom. The molecule has 0 unspecified atom stereocenters. The zero-order valence-electron chi connectivity index (χ0n) is 9.84. The summed E-state index contributed by atoms with van der Waals surface area (Å²) in [5.41, 5.74) is 0.994. The molecular weight excluding hydrogens is 234 g/mol. The molecule has 1 N–H and O–H groups in total. The van der Waals surface area contributed by atoms with Crippen LogP contribution in [-0.4, -0.2) is 14.7 Å². The Morgan fingerprint density at radius 1 is 1.06 bits per heavy atom. The molecule has 0 bridgehead atoms. The van der Waals surface area contributed by atoms with Crippen LogP contribution in [0.3, 0.4) is 0 Å². The first-order valence-electron chi connectivity index (χ1n) is 5.42. The Bertz CT molecular complexity index is 629. The van der Waals surface area contributed by atoms with E-state index in [1.54, 1.807) is 0 Å². The minimum Gasteiger partial charge on any atom is -0.213 e. The van der Waals surface area contributed by atoms with Crippen molar-refractivity contribution in [2.24, 2.45) is 0 Å². The number of hydrogen-bond donors (Lipinski definition) is 1. The molecule has 90 valence electrons. The van der Waals surface area contributed by atoms with Crippen molar-refractivity contribution >= 4 is 20.8 Å². The molecule has 1 atom stereocenters. The van der Waals surface area contributed by atoms with Gasteiger partial charge in [0.1, 0.15) is 0 Å². The molecule has 2 aromatic carbocycles. The summed E-state index contributed by atoms with van der Waals surface area (Å²) in [5.74, 6) is 0. The van der Waals surface area contributed by atoms with Crippen LogP contribution in [0.2, 0.25) is 0 Å². The Hall–Kier alpha value is -1.39. The van der Waals surface area contributed by atoms with Crippen molar-refractivity contribution in [2.45, 2.75) is 13.0 Å². The van der Waals surface area contributed by atoms with E-state index in [9.17, 15) is 8.42 Å². The average molecular weight is 249 g/mol. The summed E-state index contributed by atoms with van der Waals surface area (Å²) in [7, 11) is -3.19. The number of nitrogens with one attached hydrogen (secondary N) is 1. The van der Waals surface area contributed by atoms with E-state index in [1.165, 1.54) is 6.26 Å². The lowest BCUT2D eigenvalue weighted by Crippen LogP contribution is -2.25. The highest BCUT2D eigenvalue weighted by atomic mass is 32.2. The molecule has 0 amide bonds. The van der Waals surface area contributed by atoms with Crippen molar-refractivity contribution < 1.29 is 8.42 Å². The van der Waals surface area contributed by atoms with E-state index in [4.69, 9.17) is 0 Å². The average Bonchev–Trinajstić information content (AvgIpc) is 2.26. The van der Waals surface area contributed by atoms with Gasteiger partial charge >= 0.3 is 0 Å². The van der Waals surface area contributed by atoms with Crippen LogP contribution in [0, 0.1) is 0 Å². The van der Waals surface area contributed by atoms with Crippen molar-refractivity contribution in [1.82, 2.24) is 4.72 Å². The third-order valence-corrected chi connectivity index (χ3v) is 3.46. The van der Waals surface area contributed by atoms with Crippen LogP contribution in [0.15, 0.2) is 42.5 Å². The van der Waals surface area contributed by atoms with Crippen LogP contribution < -0.4 is 4.72 Å². The minimum atomic E-state index is -3.19. The van der Waals surface area contributed by atoms with Crippen molar-refractivity contribution in [3.05, 3.63) is 48.0 Å². The van der Waals surface area contributed by atoms with Crippen LogP contribution in [-0.2, 0) is 10.0 Å². The fourth-order valence-electron chi connectivity index (χ4n) is 2.01. The maximum atomic E-state index is 11.2. The molecule has 3 nitrogen and oxygen atoms in total. The summed E-state index contributed by atoms with van der Waals surface area (Å²) >= 11 is 0. The highest BCUT2D eigenvalue weighted by Crippen LogP contribution is 2.24. The second kappa shape index (κ2) is 4.47. The summed E-state index contributed by atoms with van der Waals surface area (Å²) < 4.78 is 25.1. The molecule has 0 spiro atoms. The van der Waals surface area contributed by atoms with Crippen molar-refractivity contribution in [1.29, 1.82) is 0 Å². The smallest absolute Gasteiger partial charge is 0.209 e. The van der Waals surface area contributed by atoms with Gasteiger partial charge in [0.05, 0.1) is 6.26 Å². The van der Waals surface area contributed by atoms with Crippen molar-refractivity contribution in [3.63, 3.8) is 0 Å². The zero-order chi connectivity index (χ0) is 12.5. The first-order valence-corrected chi connectivity index (χ1v) is 7.31. The van der Waals surface area contributed by atoms with Gasteiger partial charge in [0.2, 0.25) is 10.0 Å². The van der Waals surface area contributed by atoms with E-state index < -0.39 is 10.0 Å². The molecule has 0 aliphatic heterocycles. The topological polar surface area (TPSA) is 46.2 Å². The SMILES string of the molecule is C[C@H](NS(C)(=O)=O)c1cccc2ccccc12. The van der Waals surface area contributed by atoms with E-state index in [2.05, 4.69) is 4.72 Å². The van der Waals surface area contributed by atoms with Gasteiger partial charge in [0, 0.05) is 6.04 Å². The lowest BCUT2D eigenvalue weighted by atomic mass is 10.0. The second-order valence-electron chi connectivity index (χ2n) is 4.18. The second-order valence-corrected chi connectivity index (χ2v) is 5.96. The van der Waals surface area contributed by atoms with Crippen LogP contribution in [0.4, 0.5) is 0 Å². The molecule has 0 radical (unpaired) electrons. The Balaban J connectivity index is 2.48. The molecule has 0 saturated heterocycles. The lowest BCUT2D eigenvalue weighted by molar-refractivity contribution is 0.574. The fraction of sp³-hybridized carbons (Fsp3) is 0.231. The molecule has 2 rings (SSSR count). The molecule has 0 aliphatic carbocycles. The predicted molar refractivity (Wildman–Crippen MR) is 70.3 cm³/mol. The zero-order valence-corrected chi connectivity index (χ0v) is 10.7.